The van der Waals surface area contributed by atoms with E-state index in [0.717, 1.165) is 0 Å². The van der Waals surface area contributed by atoms with Crippen LogP contribution in [0.3, 0.4) is 0 Å². The van der Waals surface area contributed by atoms with Crippen LogP contribution in [0.5, 0.6) is 5.75 Å². The molecule has 3 aromatic carbocycles. The number of nitrogens with one attached hydrogen (secondary N) is 2. The number of carbonyl (C=O) groups is 1. The van der Waals surface area contributed by atoms with E-state index < -0.39 is 22.0 Å². The maximum absolute atomic E-state index is 12.7. The molecule has 0 fully saturated rings. The molecule has 0 saturated heterocycles. The number of rotatable bonds is 8. The molecular weight excluding hydrogens is 440 g/mol. The number of benzene rings is 3. The summed E-state index contributed by atoms with van der Waals surface area (Å²) >= 11 is 6.02. The van der Waals surface area contributed by atoms with E-state index in [9.17, 15) is 18.3 Å². The Balaban J connectivity index is 1.68. The van der Waals surface area contributed by atoms with Crippen molar-refractivity contribution in [2.75, 3.05) is 18.4 Å². The minimum atomic E-state index is -3.95. The zero-order chi connectivity index (χ0) is 22.4. The summed E-state index contributed by atoms with van der Waals surface area (Å²) in [7, 11) is -2.40. The third kappa shape index (κ3) is 5.75. The van der Waals surface area contributed by atoms with E-state index in [-0.39, 0.29) is 27.7 Å². The Hall–Kier alpha value is -3.07. The normalized spacial score (nSPS) is 12.1. The standard InChI is InChI=1S/C22H21ClN2O5S/c1-30-17-11-9-15(10-12-17)21(26)14-24-22(27)16-5-4-6-18(13-16)31(28,29)25-20-8-3-2-7-19(20)23/h2-13,21,25-26H,14H2,1H3,(H,24,27). The van der Waals surface area contributed by atoms with Crippen LogP contribution in [0.1, 0.15) is 22.0 Å². The second kappa shape index (κ2) is 9.82. The summed E-state index contributed by atoms with van der Waals surface area (Å²) in [5.74, 6) is 0.144. The molecule has 0 spiro atoms. The molecule has 0 bridgehead atoms. The van der Waals surface area contributed by atoms with E-state index in [0.29, 0.717) is 11.3 Å². The zero-order valence-corrected chi connectivity index (χ0v) is 18.2. The lowest BCUT2D eigenvalue weighted by atomic mass is 10.1. The second-order valence-electron chi connectivity index (χ2n) is 6.61. The zero-order valence-electron chi connectivity index (χ0n) is 16.6. The lowest BCUT2D eigenvalue weighted by Gasteiger charge is -2.14. The predicted octanol–water partition coefficient (Wildman–Crippen LogP) is 3.61. The van der Waals surface area contributed by atoms with Crippen molar-refractivity contribution in [3.8, 4) is 5.75 Å². The molecule has 3 rings (SSSR count). The maximum Gasteiger partial charge on any atom is 0.261 e. The van der Waals surface area contributed by atoms with Gasteiger partial charge in [0.1, 0.15) is 5.75 Å². The molecule has 7 nitrogen and oxygen atoms in total. The summed E-state index contributed by atoms with van der Waals surface area (Å²) in [6, 6.07) is 18.9. The quantitative estimate of drug-likeness (QED) is 0.476. The van der Waals surface area contributed by atoms with Crippen LogP contribution in [0, 0.1) is 0 Å². The molecule has 0 aliphatic heterocycles. The molecular formula is C22H21ClN2O5S. The Kier molecular flexibility index (Phi) is 7.17. The van der Waals surface area contributed by atoms with Gasteiger partial charge in [-0.2, -0.15) is 0 Å². The molecule has 31 heavy (non-hydrogen) atoms. The molecule has 162 valence electrons. The monoisotopic (exact) mass is 460 g/mol. The van der Waals surface area contributed by atoms with Crippen LogP contribution in [-0.4, -0.2) is 33.1 Å². The number of carbonyl (C=O) groups excluding carboxylic acids is 1. The summed E-state index contributed by atoms with van der Waals surface area (Å²) in [6.07, 6.45) is -0.927. The van der Waals surface area contributed by atoms with Gasteiger partial charge in [0.15, 0.2) is 0 Å². The number of aliphatic hydroxyl groups is 1. The van der Waals surface area contributed by atoms with Gasteiger partial charge in [0.2, 0.25) is 0 Å². The Bertz CT molecular complexity index is 1170. The first-order chi connectivity index (χ1) is 14.8. The van der Waals surface area contributed by atoms with Crippen molar-refractivity contribution in [2.24, 2.45) is 0 Å². The minimum Gasteiger partial charge on any atom is -0.497 e. The van der Waals surface area contributed by atoms with Gasteiger partial charge in [-0.15, -0.1) is 0 Å². The Morgan fingerprint density at radius 2 is 1.77 bits per heavy atom. The average Bonchev–Trinajstić information content (AvgIpc) is 2.79. The van der Waals surface area contributed by atoms with Crippen molar-refractivity contribution in [3.63, 3.8) is 0 Å². The van der Waals surface area contributed by atoms with Gasteiger partial charge in [0.05, 0.1) is 28.8 Å². The Morgan fingerprint density at radius 1 is 1.06 bits per heavy atom. The summed E-state index contributed by atoms with van der Waals surface area (Å²) in [5.41, 5.74) is 0.993. The molecule has 0 heterocycles. The third-order valence-electron chi connectivity index (χ3n) is 4.48. The van der Waals surface area contributed by atoms with Gasteiger partial charge >= 0.3 is 0 Å². The van der Waals surface area contributed by atoms with Crippen LogP contribution in [-0.2, 0) is 10.0 Å². The van der Waals surface area contributed by atoms with E-state index in [2.05, 4.69) is 10.0 Å². The van der Waals surface area contributed by atoms with Crippen molar-refractivity contribution in [2.45, 2.75) is 11.0 Å². The number of halogens is 1. The molecule has 0 aliphatic carbocycles. The number of ether oxygens (including phenoxy) is 1. The van der Waals surface area contributed by atoms with Crippen LogP contribution in [0.2, 0.25) is 5.02 Å². The van der Waals surface area contributed by atoms with Crippen LogP contribution in [0.25, 0.3) is 0 Å². The molecule has 1 atom stereocenters. The van der Waals surface area contributed by atoms with E-state index in [4.69, 9.17) is 16.3 Å². The summed E-state index contributed by atoms with van der Waals surface area (Å²) in [4.78, 5) is 12.4. The van der Waals surface area contributed by atoms with E-state index >= 15 is 0 Å². The second-order valence-corrected chi connectivity index (χ2v) is 8.70. The van der Waals surface area contributed by atoms with E-state index in [1.165, 1.54) is 30.3 Å². The van der Waals surface area contributed by atoms with Gasteiger partial charge in [0.25, 0.3) is 15.9 Å². The van der Waals surface area contributed by atoms with Gasteiger partial charge in [-0.25, -0.2) is 8.42 Å². The Morgan fingerprint density at radius 3 is 2.45 bits per heavy atom. The molecule has 3 aromatic rings. The molecule has 1 unspecified atom stereocenters. The number of aliphatic hydroxyl groups excluding tert-OH is 1. The van der Waals surface area contributed by atoms with Crippen molar-refractivity contribution in [1.29, 1.82) is 0 Å². The van der Waals surface area contributed by atoms with Gasteiger partial charge in [-0.05, 0) is 48.0 Å². The molecule has 0 radical (unpaired) electrons. The van der Waals surface area contributed by atoms with Crippen LogP contribution < -0.4 is 14.8 Å². The molecule has 9 heteroatoms. The number of amides is 1. The van der Waals surface area contributed by atoms with Gasteiger partial charge in [-0.1, -0.05) is 41.9 Å². The van der Waals surface area contributed by atoms with Gasteiger partial charge < -0.3 is 15.2 Å². The predicted molar refractivity (Wildman–Crippen MR) is 119 cm³/mol. The lowest BCUT2D eigenvalue weighted by Crippen LogP contribution is -2.28. The summed E-state index contributed by atoms with van der Waals surface area (Å²) < 4.78 is 32.8. The fraction of sp³-hybridized carbons (Fsp3) is 0.136. The highest BCUT2D eigenvalue weighted by atomic mass is 35.5. The highest BCUT2D eigenvalue weighted by Crippen LogP contribution is 2.24. The van der Waals surface area contributed by atoms with Crippen LogP contribution in [0.4, 0.5) is 5.69 Å². The number of para-hydroxylation sites is 1. The van der Waals surface area contributed by atoms with Crippen molar-refractivity contribution in [3.05, 3.63) is 88.9 Å². The van der Waals surface area contributed by atoms with Crippen LogP contribution >= 0.6 is 11.6 Å². The first kappa shape index (κ1) is 22.6. The summed E-state index contributed by atoms with van der Waals surface area (Å²) in [5, 5.41) is 13.1. The fourth-order valence-corrected chi connectivity index (χ4v) is 4.15. The molecule has 0 aliphatic rings. The van der Waals surface area contributed by atoms with Crippen molar-refractivity contribution < 1.29 is 23.1 Å². The number of hydrogen-bond donors (Lipinski definition) is 3. The lowest BCUT2D eigenvalue weighted by molar-refractivity contribution is 0.0916. The minimum absolute atomic E-state index is 0.0417. The highest BCUT2D eigenvalue weighted by Gasteiger charge is 2.18. The molecule has 1 amide bonds. The van der Waals surface area contributed by atoms with E-state index in [1.54, 1.807) is 49.6 Å². The van der Waals surface area contributed by atoms with Gasteiger partial charge in [0, 0.05) is 12.1 Å². The van der Waals surface area contributed by atoms with Crippen LogP contribution in [0.15, 0.2) is 77.7 Å². The Labute approximate surface area is 185 Å². The highest BCUT2D eigenvalue weighted by molar-refractivity contribution is 7.92. The summed E-state index contributed by atoms with van der Waals surface area (Å²) in [6.45, 7) is -0.0417. The van der Waals surface area contributed by atoms with Crippen molar-refractivity contribution >= 4 is 33.2 Å². The first-order valence-electron chi connectivity index (χ1n) is 9.28. The average molecular weight is 461 g/mol. The fourth-order valence-electron chi connectivity index (χ4n) is 2.79. The third-order valence-corrected chi connectivity index (χ3v) is 6.17. The molecule has 3 N–H and O–H groups in total. The smallest absolute Gasteiger partial charge is 0.261 e. The number of hydrogen-bond acceptors (Lipinski definition) is 5. The van der Waals surface area contributed by atoms with Gasteiger partial charge in [-0.3, -0.25) is 9.52 Å². The largest absolute Gasteiger partial charge is 0.497 e. The molecule has 0 saturated carbocycles. The van der Waals surface area contributed by atoms with Crippen molar-refractivity contribution in [1.82, 2.24) is 5.32 Å². The number of methoxy groups -OCH3 is 1. The van der Waals surface area contributed by atoms with E-state index in [1.807, 2.05) is 0 Å². The topological polar surface area (TPSA) is 105 Å². The first-order valence-corrected chi connectivity index (χ1v) is 11.1. The molecule has 0 aromatic heterocycles. The SMILES string of the molecule is COc1ccc(C(O)CNC(=O)c2cccc(S(=O)(=O)Nc3ccccc3Cl)c2)cc1. The number of anilines is 1. The maximum atomic E-state index is 12.7. The number of sulfonamides is 1.